The van der Waals surface area contributed by atoms with Crippen molar-refractivity contribution in [3.05, 3.63) is 47.3 Å². The lowest BCUT2D eigenvalue weighted by Crippen LogP contribution is -2.36. The molecule has 23 heavy (non-hydrogen) atoms. The monoisotopic (exact) mass is 312 g/mol. The number of hydrogen-bond acceptors (Lipinski definition) is 3. The number of anilines is 1. The molecule has 0 spiro atoms. The first-order valence-electron chi connectivity index (χ1n) is 8.01. The van der Waals surface area contributed by atoms with Gasteiger partial charge in [-0.3, -0.25) is 9.48 Å². The molecule has 0 bridgehead atoms. The summed E-state index contributed by atoms with van der Waals surface area (Å²) in [5.41, 5.74) is 4.44. The van der Waals surface area contributed by atoms with Gasteiger partial charge in [-0.1, -0.05) is 6.07 Å². The third-order valence-corrected chi connectivity index (χ3v) is 4.61. The predicted octanol–water partition coefficient (Wildman–Crippen LogP) is 2.00. The number of nitrogens with zero attached hydrogens (tertiary/aromatic N) is 3. The zero-order valence-corrected chi connectivity index (χ0v) is 14.2. The lowest BCUT2D eigenvalue weighted by molar-refractivity contribution is -0.121. The molecule has 5 heteroatoms. The van der Waals surface area contributed by atoms with Crippen molar-refractivity contribution in [1.29, 1.82) is 0 Å². The van der Waals surface area contributed by atoms with Crippen molar-refractivity contribution in [2.75, 3.05) is 25.0 Å². The first-order valence-corrected chi connectivity index (χ1v) is 8.01. The molecule has 2 atom stereocenters. The fourth-order valence-electron chi connectivity index (χ4n) is 3.44. The van der Waals surface area contributed by atoms with Crippen LogP contribution in [0, 0.1) is 19.8 Å². The van der Waals surface area contributed by atoms with E-state index in [9.17, 15) is 4.79 Å². The number of hydrogen-bond donors (Lipinski definition) is 1. The van der Waals surface area contributed by atoms with Crippen LogP contribution in [0.3, 0.4) is 0 Å². The zero-order valence-electron chi connectivity index (χ0n) is 14.2. The molecule has 1 amide bonds. The minimum absolute atomic E-state index is 0.0509. The highest BCUT2D eigenvalue weighted by Gasteiger charge is 2.36. The molecular formula is C18H24N4O. The number of aromatic nitrogens is 2. The molecule has 1 saturated heterocycles. The average Bonchev–Trinajstić information content (AvgIpc) is 3.13. The van der Waals surface area contributed by atoms with Crippen LogP contribution in [-0.4, -0.2) is 35.8 Å². The van der Waals surface area contributed by atoms with Crippen LogP contribution in [0.1, 0.15) is 22.6 Å². The molecular weight excluding hydrogens is 288 g/mol. The van der Waals surface area contributed by atoms with Gasteiger partial charge in [0.05, 0.1) is 12.1 Å². The highest BCUT2D eigenvalue weighted by Crippen LogP contribution is 2.30. The van der Waals surface area contributed by atoms with Gasteiger partial charge in [0.15, 0.2) is 0 Å². The first kappa shape index (κ1) is 15.7. The van der Waals surface area contributed by atoms with Gasteiger partial charge in [0.2, 0.25) is 5.91 Å². The number of amides is 1. The third-order valence-electron chi connectivity index (χ3n) is 4.61. The van der Waals surface area contributed by atoms with Crippen LogP contribution in [0.15, 0.2) is 30.6 Å². The van der Waals surface area contributed by atoms with E-state index in [-0.39, 0.29) is 17.7 Å². The maximum absolute atomic E-state index is 13.0. The second-order valence-electron chi connectivity index (χ2n) is 6.56. The quantitative estimate of drug-likeness (QED) is 0.943. The summed E-state index contributed by atoms with van der Waals surface area (Å²) in [7, 11) is 3.78. The van der Waals surface area contributed by atoms with E-state index >= 15 is 0 Å². The lowest BCUT2D eigenvalue weighted by atomic mass is 9.89. The Labute approximate surface area is 137 Å². The molecule has 3 rings (SSSR count). The molecule has 1 N–H and O–H groups in total. The molecule has 0 aliphatic carbocycles. The Morgan fingerprint density at radius 3 is 2.57 bits per heavy atom. The summed E-state index contributed by atoms with van der Waals surface area (Å²) in [5, 5.41) is 7.60. The normalized spacial score (nSPS) is 20.7. The molecule has 2 aromatic rings. The molecule has 0 radical (unpaired) electrons. The van der Waals surface area contributed by atoms with Crippen LogP contribution in [0.5, 0.6) is 0 Å². The van der Waals surface area contributed by atoms with E-state index in [1.807, 2.05) is 26.5 Å². The number of carbonyl (C=O) groups excluding carboxylic acids is 1. The molecule has 1 fully saturated rings. The number of rotatable bonds is 3. The van der Waals surface area contributed by atoms with Gasteiger partial charge in [0.1, 0.15) is 0 Å². The van der Waals surface area contributed by atoms with Gasteiger partial charge < -0.3 is 10.2 Å². The molecule has 1 aliphatic heterocycles. The van der Waals surface area contributed by atoms with Gasteiger partial charge in [0.25, 0.3) is 0 Å². The molecule has 0 saturated carbocycles. The average molecular weight is 312 g/mol. The summed E-state index contributed by atoms with van der Waals surface area (Å²) in [5.74, 6) is 0.295. The summed E-state index contributed by atoms with van der Waals surface area (Å²) in [6, 6.07) is 6.25. The van der Waals surface area contributed by atoms with E-state index in [4.69, 9.17) is 0 Å². The van der Waals surface area contributed by atoms with Gasteiger partial charge in [-0.25, -0.2) is 0 Å². The molecule has 1 aromatic carbocycles. The summed E-state index contributed by atoms with van der Waals surface area (Å²) in [6.45, 7) is 5.66. The fourth-order valence-corrected chi connectivity index (χ4v) is 3.44. The van der Waals surface area contributed by atoms with E-state index in [1.165, 1.54) is 11.1 Å². The molecule has 122 valence electrons. The summed E-state index contributed by atoms with van der Waals surface area (Å²) >= 11 is 0. The highest BCUT2D eigenvalue weighted by atomic mass is 16.2. The van der Waals surface area contributed by atoms with E-state index < -0.39 is 0 Å². The molecule has 0 unspecified atom stereocenters. The third kappa shape index (κ3) is 3.15. The van der Waals surface area contributed by atoms with Crippen LogP contribution in [0.25, 0.3) is 0 Å². The predicted molar refractivity (Wildman–Crippen MR) is 91.6 cm³/mol. The smallest absolute Gasteiger partial charge is 0.231 e. The highest BCUT2D eigenvalue weighted by molar-refractivity contribution is 5.95. The van der Waals surface area contributed by atoms with Gasteiger partial charge in [-0.15, -0.1) is 0 Å². The van der Waals surface area contributed by atoms with Gasteiger partial charge in [-0.2, -0.15) is 5.10 Å². The van der Waals surface area contributed by atoms with Crippen molar-refractivity contribution in [1.82, 2.24) is 15.1 Å². The summed E-state index contributed by atoms with van der Waals surface area (Å²) in [6.07, 6.45) is 3.88. The Balaban J connectivity index is 1.83. The van der Waals surface area contributed by atoms with E-state index in [0.717, 1.165) is 17.8 Å². The van der Waals surface area contributed by atoms with Crippen molar-refractivity contribution in [3.8, 4) is 0 Å². The summed E-state index contributed by atoms with van der Waals surface area (Å²) in [4.78, 5) is 14.8. The Kier molecular flexibility index (Phi) is 4.22. The zero-order chi connectivity index (χ0) is 16.6. The Morgan fingerprint density at radius 2 is 1.96 bits per heavy atom. The number of carbonyl (C=O) groups is 1. The maximum atomic E-state index is 13.0. The molecule has 2 heterocycles. The van der Waals surface area contributed by atoms with Gasteiger partial charge in [0, 0.05) is 45.0 Å². The summed E-state index contributed by atoms with van der Waals surface area (Å²) < 4.78 is 1.79. The number of nitrogens with one attached hydrogen (secondary N) is 1. The minimum Gasteiger partial charge on any atom is -0.315 e. The Morgan fingerprint density at radius 1 is 1.26 bits per heavy atom. The molecule has 1 aromatic heterocycles. The fraction of sp³-hybridized carbons (Fsp3) is 0.444. The van der Waals surface area contributed by atoms with E-state index in [2.05, 4.69) is 42.5 Å². The number of aryl methyl sites for hydroxylation is 3. The lowest BCUT2D eigenvalue weighted by Gasteiger charge is -2.25. The number of benzene rings is 1. The van der Waals surface area contributed by atoms with Gasteiger partial charge >= 0.3 is 0 Å². The van der Waals surface area contributed by atoms with Crippen LogP contribution >= 0.6 is 0 Å². The first-order chi connectivity index (χ1) is 11.0. The minimum atomic E-state index is -0.0509. The van der Waals surface area contributed by atoms with Crippen molar-refractivity contribution in [2.45, 2.75) is 19.8 Å². The second kappa shape index (κ2) is 6.16. The van der Waals surface area contributed by atoms with Crippen molar-refractivity contribution in [3.63, 3.8) is 0 Å². The van der Waals surface area contributed by atoms with Gasteiger partial charge in [-0.05, 0) is 42.7 Å². The Hall–Kier alpha value is -2.14. The maximum Gasteiger partial charge on any atom is 0.231 e. The molecule has 5 nitrogen and oxygen atoms in total. The van der Waals surface area contributed by atoms with Crippen LogP contribution < -0.4 is 10.2 Å². The largest absolute Gasteiger partial charge is 0.315 e. The van der Waals surface area contributed by atoms with Crippen molar-refractivity contribution in [2.24, 2.45) is 13.0 Å². The van der Waals surface area contributed by atoms with Crippen molar-refractivity contribution >= 4 is 11.6 Å². The Bertz CT molecular complexity index is 701. The van der Waals surface area contributed by atoms with Crippen LogP contribution in [-0.2, 0) is 11.8 Å². The standard InChI is InChI=1S/C18H24N4O/c1-12-5-13(2)7-15(6-12)22(4)18(23)17-10-19-9-16(17)14-8-20-21(3)11-14/h5-8,11,16-17,19H,9-10H2,1-4H3/t16-,17+/m1/s1. The van der Waals surface area contributed by atoms with E-state index in [1.54, 1.807) is 9.58 Å². The second-order valence-corrected chi connectivity index (χ2v) is 6.56. The van der Waals surface area contributed by atoms with Crippen LogP contribution in [0.4, 0.5) is 5.69 Å². The SMILES string of the molecule is Cc1cc(C)cc(N(C)C(=O)[C@H]2CNC[C@@H]2c2cnn(C)c2)c1. The molecule has 1 aliphatic rings. The van der Waals surface area contributed by atoms with E-state index in [0.29, 0.717) is 6.54 Å². The topological polar surface area (TPSA) is 50.2 Å². The van der Waals surface area contributed by atoms with Crippen molar-refractivity contribution < 1.29 is 4.79 Å². The van der Waals surface area contributed by atoms with Crippen LogP contribution in [0.2, 0.25) is 0 Å².